The first kappa shape index (κ1) is 37.4. The molecule has 0 amide bonds. The first-order chi connectivity index (χ1) is 23.5. The maximum absolute atomic E-state index is 14.9. The second-order valence-electron chi connectivity index (χ2n) is 14.2. The van der Waals surface area contributed by atoms with Gasteiger partial charge in [0.25, 0.3) is 0 Å². The normalized spacial score (nSPS) is 19.8. The summed E-state index contributed by atoms with van der Waals surface area (Å²) in [6.45, 7) is 0.789. The molecule has 3 unspecified atom stereocenters. The fourth-order valence-electron chi connectivity index (χ4n) is 9.00. The number of aliphatic imine (C=N–C) groups is 3. The quantitative estimate of drug-likeness (QED) is 0.108. The molecule has 0 N–H and O–H groups in total. The van der Waals surface area contributed by atoms with Crippen molar-refractivity contribution in [1.82, 2.24) is 13.7 Å². The Labute approximate surface area is 282 Å². The third kappa shape index (κ3) is 9.81. The summed E-state index contributed by atoms with van der Waals surface area (Å²) in [5.74, 6) is 0.275. The van der Waals surface area contributed by atoms with Crippen LogP contribution in [0.3, 0.4) is 0 Å². The topological polar surface area (TPSA) is 154 Å². The highest BCUT2D eigenvalue weighted by Gasteiger charge is 2.36. The second kappa shape index (κ2) is 20.2. The summed E-state index contributed by atoms with van der Waals surface area (Å²) in [5.41, 5.74) is -1.63. The highest BCUT2D eigenvalue weighted by atomic mass is 16.2. The van der Waals surface area contributed by atoms with Crippen molar-refractivity contribution in [1.29, 1.82) is 0 Å². The Morgan fingerprint density at radius 2 is 0.708 bits per heavy atom. The third-order valence-corrected chi connectivity index (χ3v) is 11.3. The van der Waals surface area contributed by atoms with Gasteiger partial charge in [-0.05, 0) is 94.8 Å². The maximum atomic E-state index is 14.9. The van der Waals surface area contributed by atoms with E-state index in [1.165, 1.54) is 13.7 Å². The average molecular weight is 667 g/mol. The van der Waals surface area contributed by atoms with Gasteiger partial charge in [0, 0.05) is 18.1 Å². The van der Waals surface area contributed by atoms with Crippen LogP contribution in [0.2, 0.25) is 0 Å². The Kier molecular flexibility index (Phi) is 15.7. The van der Waals surface area contributed by atoms with Crippen molar-refractivity contribution in [2.75, 3.05) is 19.6 Å². The zero-order valence-electron chi connectivity index (χ0n) is 28.6. The summed E-state index contributed by atoms with van der Waals surface area (Å²) in [5, 5.41) is 0. The molecule has 4 rings (SSSR count). The SMILES string of the molecule is O=C=NCCCC(C1CCCCC1)n1c(=O)n(C(CCCN=C=O)C2CCCCC2)c(=O)n(C(CCCN=C=O)C2CCCCC2)c1=O. The van der Waals surface area contributed by atoms with Gasteiger partial charge in [-0.15, -0.1) is 0 Å². The van der Waals surface area contributed by atoms with Crippen LogP contribution in [0, 0.1) is 17.8 Å². The second-order valence-corrected chi connectivity index (χ2v) is 14.2. The molecule has 3 fully saturated rings. The molecule has 3 saturated carbocycles. The van der Waals surface area contributed by atoms with Crippen molar-refractivity contribution in [3.8, 4) is 0 Å². The Bertz CT molecular complexity index is 1270. The zero-order valence-corrected chi connectivity index (χ0v) is 28.6. The molecule has 0 saturated heterocycles. The lowest BCUT2D eigenvalue weighted by Gasteiger charge is -2.37. The lowest BCUT2D eigenvalue weighted by atomic mass is 9.81. The standard InChI is InChI=1S/C36H54N6O6/c43-25-37-22-10-19-31(28-13-4-1-5-14-28)40-34(46)41(32(20-11-23-38-26-44)29-15-6-2-7-16-29)36(48)42(35(40)47)33(21-12-24-39-27-45)30-17-8-3-9-18-30/h28-33H,1-24H2. The van der Waals surface area contributed by atoms with Crippen LogP contribution in [0.1, 0.15) is 153 Å². The number of isocyanates is 3. The van der Waals surface area contributed by atoms with Crippen molar-refractivity contribution in [2.24, 2.45) is 32.7 Å². The van der Waals surface area contributed by atoms with E-state index >= 15 is 0 Å². The fraction of sp³-hybridized carbons (Fsp3) is 0.833. The molecule has 48 heavy (non-hydrogen) atoms. The average Bonchev–Trinajstić information content (AvgIpc) is 3.12. The fourth-order valence-corrected chi connectivity index (χ4v) is 9.00. The highest BCUT2D eigenvalue weighted by Crippen LogP contribution is 2.38. The van der Waals surface area contributed by atoms with Crippen LogP contribution in [-0.4, -0.2) is 51.6 Å². The molecule has 1 aromatic rings. The van der Waals surface area contributed by atoms with Gasteiger partial charge in [-0.2, -0.15) is 0 Å². The number of rotatable bonds is 18. The molecular weight excluding hydrogens is 612 g/mol. The van der Waals surface area contributed by atoms with Crippen LogP contribution < -0.4 is 17.1 Å². The Morgan fingerprint density at radius 3 is 0.938 bits per heavy atom. The predicted molar refractivity (Wildman–Crippen MR) is 183 cm³/mol. The van der Waals surface area contributed by atoms with Gasteiger partial charge in [0.2, 0.25) is 18.2 Å². The minimum Gasteiger partial charge on any atom is -0.247 e. The van der Waals surface area contributed by atoms with Gasteiger partial charge in [-0.1, -0.05) is 57.8 Å². The van der Waals surface area contributed by atoms with Gasteiger partial charge in [0.1, 0.15) is 0 Å². The van der Waals surface area contributed by atoms with E-state index in [2.05, 4.69) is 15.0 Å². The molecule has 1 heterocycles. The van der Waals surface area contributed by atoms with E-state index < -0.39 is 35.2 Å². The van der Waals surface area contributed by atoms with Gasteiger partial charge in [-0.3, -0.25) is 0 Å². The van der Waals surface area contributed by atoms with E-state index in [1.807, 2.05) is 0 Å². The van der Waals surface area contributed by atoms with E-state index in [-0.39, 0.29) is 37.4 Å². The molecule has 0 radical (unpaired) electrons. The lowest BCUT2D eigenvalue weighted by Crippen LogP contribution is -2.59. The van der Waals surface area contributed by atoms with E-state index in [1.54, 1.807) is 18.2 Å². The molecule has 264 valence electrons. The molecular formula is C36H54N6O6. The molecule has 3 atom stereocenters. The minimum absolute atomic E-state index is 0.0916. The first-order valence-electron chi connectivity index (χ1n) is 18.6. The molecule has 12 heteroatoms. The zero-order chi connectivity index (χ0) is 34.1. The van der Waals surface area contributed by atoms with Gasteiger partial charge < -0.3 is 0 Å². The Hall–Kier alpha value is -3.45. The largest absolute Gasteiger partial charge is 0.336 e. The van der Waals surface area contributed by atoms with E-state index in [0.717, 1.165) is 96.3 Å². The summed E-state index contributed by atoms with van der Waals surface area (Å²) in [6, 6.07) is -1.28. The third-order valence-electron chi connectivity index (χ3n) is 11.3. The summed E-state index contributed by atoms with van der Waals surface area (Å²) < 4.78 is 4.25. The molecule has 12 nitrogen and oxygen atoms in total. The van der Waals surface area contributed by atoms with Crippen LogP contribution in [0.15, 0.2) is 29.4 Å². The number of aromatic nitrogens is 3. The molecule has 0 spiro atoms. The molecule has 3 aliphatic carbocycles. The molecule has 1 aromatic heterocycles. The van der Waals surface area contributed by atoms with Gasteiger partial charge >= 0.3 is 17.1 Å². The van der Waals surface area contributed by atoms with Gasteiger partial charge in [0.05, 0.1) is 19.6 Å². The first-order valence-corrected chi connectivity index (χ1v) is 18.6. The van der Waals surface area contributed by atoms with Crippen molar-refractivity contribution in [3.63, 3.8) is 0 Å². The van der Waals surface area contributed by atoms with Crippen molar-refractivity contribution >= 4 is 18.2 Å². The Morgan fingerprint density at radius 1 is 0.458 bits per heavy atom. The maximum Gasteiger partial charge on any atom is 0.336 e. The Balaban J connectivity index is 1.96. The molecule has 3 aliphatic rings. The summed E-state index contributed by atoms with van der Waals surface area (Å²) in [6.07, 6.45) is 22.6. The van der Waals surface area contributed by atoms with E-state index in [0.29, 0.717) is 38.5 Å². The van der Waals surface area contributed by atoms with Crippen molar-refractivity contribution in [2.45, 2.75) is 153 Å². The number of hydrogen-bond acceptors (Lipinski definition) is 9. The minimum atomic E-state index is -0.543. The van der Waals surface area contributed by atoms with Crippen LogP contribution in [-0.2, 0) is 14.4 Å². The van der Waals surface area contributed by atoms with Crippen molar-refractivity contribution in [3.05, 3.63) is 31.5 Å². The van der Waals surface area contributed by atoms with Crippen LogP contribution in [0.5, 0.6) is 0 Å². The van der Waals surface area contributed by atoms with Crippen LogP contribution >= 0.6 is 0 Å². The van der Waals surface area contributed by atoms with Crippen LogP contribution in [0.4, 0.5) is 0 Å². The van der Waals surface area contributed by atoms with Crippen molar-refractivity contribution < 1.29 is 14.4 Å². The van der Waals surface area contributed by atoms with E-state index in [4.69, 9.17) is 0 Å². The van der Waals surface area contributed by atoms with Gasteiger partial charge in [0.15, 0.2) is 0 Å². The van der Waals surface area contributed by atoms with Gasteiger partial charge in [-0.25, -0.2) is 57.4 Å². The molecule has 0 aliphatic heterocycles. The summed E-state index contributed by atoms with van der Waals surface area (Å²) in [4.78, 5) is 88.5. The molecule has 0 aromatic carbocycles. The lowest BCUT2D eigenvalue weighted by molar-refractivity contribution is 0.167. The number of hydrogen-bond donors (Lipinski definition) is 0. The predicted octanol–water partition coefficient (Wildman–Crippen LogP) is 5.88. The smallest absolute Gasteiger partial charge is 0.247 e. The molecule has 0 bridgehead atoms. The van der Waals surface area contributed by atoms with E-state index in [9.17, 15) is 28.8 Å². The van der Waals surface area contributed by atoms with Crippen LogP contribution in [0.25, 0.3) is 0 Å². The number of nitrogens with zero attached hydrogens (tertiary/aromatic N) is 6. The highest BCUT2D eigenvalue weighted by molar-refractivity contribution is 5.33. The summed E-state index contributed by atoms with van der Waals surface area (Å²) >= 11 is 0. The summed E-state index contributed by atoms with van der Waals surface area (Å²) in [7, 11) is 0. The monoisotopic (exact) mass is 666 g/mol. The number of carbonyl (C=O) groups excluding carboxylic acids is 3.